The van der Waals surface area contributed by atoms with Crippen LogP contribution >= 0.6 is 11.3 Å². The van der Waals surface area contributed by atoms with Crippen LogP contribution in [0.5, 0.6) is 0 Å². The first-order valence-corrected chi connectivity index (χ1v) is 8.68. The lowest BCUT2D eigenvalue weighted by atomic mass is 10.1. The van der Waals surface area contributed by atoms with Crippen molar-refractivity contribution >= 4 is 33.3 Å². The van der Waals surface area contributed by atoms with Gasteiger partial charge in [-0.15, -0.1) is 10.2 Å². The second-order valence-electron chi connectivity index (χ2n) is 5.87. The largest absolute Gasteiger partial charge is 0.344 e. The van der Waals surface area contributed by atoms with Crippen molar-refractivity contribution in [3.63, 3.8) is 0 Å². The maximum Gasteiger partial charge on any atom is 0.325 e. The second-order valence-corrected chi connectivity index (χ2v) is 6.83. The highest BCUT2D eigenvalue weighted by molar-refractivity contribution is 7.19. The number of urea groups is 1. The Morgan fingerprint density at radius 1 is 1.22 bits per heavy atom. The van der Waals surface area contributed by atoms with Gasteiger partial charge in [0.25, 0.3) is 0 Å². The number of rotatable bonds is 3. The molecule has 1 aromatic carbocycles. The summed E-state index contributed by atoms with van der Waals surface area (Å²) in [4.78, 5) is 14.3. The number of hydrogen-bond acceptors (Lipinski definition) is 5. The van der Waals surface area contributed by atoms with Gasteiger partial charge in [-0.3, -0.25) is 5.32 Å². The van der Waals surface area contributed by atoms with E-state index >= 15 is 0 Å². The first-order valence-electron chi connectivity index (χ1n) is 7.86. The zero-order valence-corrected chi connectivity index (χ0v) is 14.2. The number of benzene rings is 1. The van der Waals surface area contributed by atoms with E-state index in [9.17, 15) is 4.79 Å². The van der Waals surface area contributed by atoms with E-state index in [0.717, 1.165) is 22.9 Å². The lowest BCUT2D eigenvalue weighted by Gasteiger charge is -2.32. The summed E-state index contributed by atoms with van der Waals surface area (Å²) in [5.41, 5.74) is 1.91. The molecule has 0 radical (unpaired) electrons. The van der Waals surface area contributed by atoms with Crippen molar-refractivity contribution in [3.8, 4) is 0 Å². The lowest BCUT2D eigenvalue weighted by molar-refractivity contribution is 0.262. The van der Waals surface area contributed by atoms with Gasteiger partial charge >= 0.3 is 6.03 Å². The number of nitrogens with zero attached hydrogens (tertiary/aromatic N) is 3. The van der Waals surface area contributed by atoms with Crippen molar-refractivity contribution in [3.05, 3.63) is 29.8 Å². The fourth-order valence-electron chi connectivity index (χ4n) is 2.66. The Morgan fingerprint density at radius 3 is 2.74 bits per heavy atom. The van der Waals surface area contributed by atoms with Crippen molar-refractivity contribution < 1.29 is 4.79 Å². The van der Waals surface area contributed by atoms with E-state index in [0.29, 0.717) is 11.2 Å². The highest BCUT2D eigenvalue weighted by Crippen LogP contribution is 2.29. The van der Waals surface area contributed by atoms with Gasteiger partial charge in [-0.05, 0) is 45.2 Å². The van der Waals surface area contributed by atoms with Crippen LogP contribution in [-0.2, 0) is 0 Å². The minimum atomic E-state index is -0.303. The SMILES string of the molecule is Cc1ccc(NC(=O)Nc2nnc(N3CCCCC3C)s2)cc1. The molecule has 1 unspecified atom stereocenters. The van der Waals surface area contributed by atoms with Crippen LogP contribution in [0.15, 0.2) is 24.3 Å². The van der Waals surface area contributed by atoms with Crippen LogP contribution in [0.4, 0.5) is 20.7 Å². The van der Waals surface area contributed by atoms with Gasteiger partial charge in [-0.2, -0.15) is 0 Å². The minimum Gasteiger partial charge on any atom is -0.344 e. The molecule has 1 atom stereocenters. The summed E-state index contributed by atoms with van der Waals surface area (Å²) < 4.78 is 0. The van der Waals surface area contributed by atoms with E-state index in [-0.39, 0.29) is 6.03 Å². The van der Waals surface area contributed by atoms with Crippen LogP contribution < -0.4 is 15.5 Å². The highest BCUT2D eigenvalue weighted by Gasteiger charge is 2.22. The maximum atomic E-state index is 12.0. The number of carbonyl (C=O) groups excluding carboxylic acids is 1. The van der Waals surface area contributed by atoms with Crippen molar-refractivity contribution in [2.24, 2.45) is 0 Å². The van der Waals surface area contributed by atoms with E-state index < -0.39 is 0 Å². The molecule has 1 aliphatic rings. The third-order valence-corrected chi connectivity index (χ3v) is 4.87. The number of aryl methyl sites for hydroxylation is 1. The molecule has 6 nitrogen and oxygen atoms in total. The van der Waals surface area contributed by atoms with Crippen LogP contribution in [-0.4, -0.2) is 28.8 Å². The third kappa shape index (κ3) is 3.98. The molecule has 1 aliphatic heterocycles. The van der Waals surface area contributed by atoms with Crippen LogP contribution in [0.1, 0.15) is 31.7 Å². The Morgan fingerprint density at radius 2 is 2.00 bits per heavy atom. The van der Waals surface area contributed by atoms with E-state index in [2.05, 4.69) is 32.7 Å². The van der Waals surface area contributed by atoms with E-state index in [1.807, 2.05) is 31.2 Å². The maximum absolute atomic E-state index is 12.0. The van der Waals surface area contributed by atoms with E-state index in [1.165, 1.54) is 30.6 Å². The Hall–Kier alpha value is -2.15. The first kappa shape index (κ1) is 15.7. The lowest BCUT2D eigenvalue weighted by Crippen LogP contribution is -2.37. The monoisotopic (exact) mass is 331 g/mol. The number of nitrogens with one attached hydrogen (secondary N) is 2. The fourth-order valence-corrected chi connectivity index (χ4v) is 3.53. The molecule has 1 fully saturated rings. The van der Waals surface area contributed by atoms with Gasteiger partial charge in [-0.25, -0.2) is 4.79 Å². The van der Waals surface area contributed by atoms with Gasteiger partial charge < -0.3 is 10.2 Å². The molecule has 23 heavy (non-hydrogen) atoms. The van der Waals surface area contributed by atoms with Crippen LogP contribution in [0, 0.1) is 6.92 Å². The summed E-state index contributed by atoms with van der Waals surface area (Å²) in [6, 6.07) is 7.83. The third-order valence-electron chi connectivity index (χ3n) is 3.99. The summed E-state index contributed by atoms with van der Waals surface area (Å²) >= 11 is 1.42. The minimum absolute atomic E-state index is 0.303. The molecule has 0 aliphatic carbocycles. The average molecular weight is 331 g/mol. The summed E-state index contributed by atoms with van der Waals surface area (Å²) in [6.07, 6.45) is 3.62. The molecule has 0 spiro atoms. The average Bonchev–Trinajstić information content (AvgIpc) is 2.98. The Kier molecular flexibility index (Phi) is 4.76. The molecule has 0 bridgehead atoms. The van der Waals surface area contributed by atoms with Crippen molar-refractivity contribution in [1.29, 1.82) is 0 Å². The number of amides is 2. The number of hydrogen-bond donors (Lipinski definition) is 2. The molecule has 2 heterocycles. The summed E-state index contributed by atoms with van der Waals surface area (Å²) in [6.45, 7) is 5.22. The van der Waals surface area contributed by atoms with Gasteiger partial charge in [-0.1, -0.05) is 29.0 Å². The first-order chi connectivity index (χ1) is 11.1. The quantitative estimate of drug-likeness (QED) is 0.896. The summed E-state index contributed by atoms with van der Waals surface area (Å²) in [7, 11) is 0. The molecule has 1 saturated heterocycles. The fraction of sp³-hybridized carbons (Fsp3) is 0.438. The zero-order valence-electron chi connectivity index (χ0n) is 13.4. The van der Waals surface area contributed by atoms with Gasteiger partial charge in [0.15, 0.2) is 0 Å². The van der Waals surface area contributed by atoms with Crippen LogP contribution in [0.2, 0.25) is 0 Å². The number of anilines is 3. The van der Waals surface area contributed by atoms with Gasteiger partial charge in [0.2, 0.25) is 10.3 Å². The number of aromatic nitrogens is 2. The predicted molar refractivity (Wildman–Crippen MR) is 94.4 cm³/mol. The van der Waals surface area contributed by atoms with Crippen molar-refractivity contribution in [2.75, 3.05) is 22.1 Å². The van der Waals surface area contributed by atoms with Gasteiger partial charge in [0, 0.05) is 18.3 Å². The topological polar surface area (TPSA) is 70.1 Å². The van der Waals surface area contributed by atoms with Crippen molar-refractivity contribution in [2.45, 2.75) is 39.2 Å². The number of piperidine rings is 1. The second kappa shape index (κ2) is 6.95. The molecular formula is C16H21N5OS. The Bertz CT molecular complexity index is 669. The molecule has 122 valence electrons. The molecule has 2 aromatic rings. The number of carbonyl (C=O) groups is 1. The van der Waals surface area contributed by atoms with Crippen LogP contribution in [0.25, 0.3) is 0 Å². The van der Waals surface area contributed by atoms with Gasteiger partial charge in [0.05, 0.1) is 0 Å². The standard InChI is InChI=1S/C16H21N5OS/c1-11-6-8-13(9-7-11)17-14(22)18-15-19-20-16(23-15)21-10-4-3-5-12(21)2/h6-9,12H,3-5,10H2,1-2H3,(H2,17,18,19,22). The summed E-state index contributed by atoms with van der Waals surface area (Å²) in [5, 5.41) is 15.2. The van der Waals surface area contributed by atoms with E-state index in [4.69, 9.17) is 0 Å². The van der Waals surface area contributed by atoms with Crippen LogP contribution in [0.3, 0.4) is 0 Å². The molecule has 0 saturated carbocycles. The Labute approximate surface area is 139 Å². The molecular weight excluding hydrogens is 310 g/mol. The summed E-state index contributed by atoms with van der Waals surface area (Å²) in [5.74, 6) is 0. The molecule has 2 N–H and O–H groups in total. The smallest absolute Gasteiger partial charge is 0.325 e. The highest BCUT2D eigenvalue weighted by atomic mass is 32.1. The Balaban J connectivity index is 1.60. The normalized spacial score (nSPS) is 17.8. The predicted octanol–water partition coefficient (Wildman–Crippen LogP) is 3.87. The molecule has 7 heteroatoms. The van der Waals surface area contributed by atoms with Gasteiger partial charge in [0.1, 0.15) is 0 Å². The zero-order chi connectivity index (χ0) is 16.2. The molecule has 2 amide bonds. The van der Waals surface area contributed by atoms with Crippen molar-refractivity contribution in [1.82, 2.24) is 10.2 Å². The van der Waals surface area contributed by atoms with E-state index in [1.54, 1.807) is 0 Å². The molecule has 1 aromatic heterocycles. The molecule has 3 rings (SSSR count).